The van der Waals surface area contributed by atoms with E-state index < -0.39 is 0 Å². The van der Waals surface area contributed by atoms with Gasteiger partial charge in [-0.1, -0.05) is 30.7 Å². The minimum atomic E-state index is 0.398. The van der Waals surface area contributed by atoms with Crippen LogP contribution in [0, 0.1) is 0 Å². The van der Waals surface area contributed by atoms with Crippen molar-refractivity contribution >= 4 is 11.6 Å². The highest BCUT2D eigenvalue weighted by molar-refractivity contribution is 6.30. The first-order chi connectivity index (χ1) is 9.29. The monoisotopic (exact) mass is 277 g/mol. The van der Waals surface area contributed by atoms with Gasteiger partial charge in [0.05, 0.1) is 0 Å². The summed E-state index contributed by atoms with van der Waals surface area (Å²) >= 11 is 5.91. The summed E-state index contributed by atoms with van der Waals surface area (Å²) in [6.07, 6.45) is 5.96. The molecule has 0 aliphatic heterocycles. The van der Waals surface area contributed by atoms with Gasteiger partial charge in [0.2, 0.25) is 0 Å². The molecule has 0 saturated heterocycles. The van der Waals surface area contributed by atoms with E-state index in [1.165, 1.54) is 5.56 Å². The molecule has 1 unspecified atom stereocenters. The number of hydrogen-bond acceptors (Lipinski definition) is 2. The van der Waals surface area contributed by atoms with E-state index >= 15 is 0 Å². The Hall–Kier alpha value is -1.32. The van der Waals surface area contributed by atoms with Crippen LogP contribution >= 0.6 is 11.6 Å². The van der Waals surface area contributed by atoms with E-state index in [0.717, 1.165) is 31.0 Å². The van der Waals surface area contributed by atoms with E-state index in [0.29, 0.717) is 6.04 Å². The fourth-order valence-corrected chi connectivity index (χ4v) is 2.27. The minimum Gasteiger partial charge on any atom is -0.310 e. The second-order valence-corrected chi connectivity index (χ2v) is 5.03. The Balaban J connectivity index is 1.77. The van der Waals surface area contributed by atoms with Gasteiger partial charge in [-0.25, -0.2) is 0 Å². The normalized spacial score (nSPS) is 12.5. The van der Waals surface area contributed by atoms with Crippen molar-refractivity contribution in [1.82, 2.24) is 15.1 Å². The lowest BCUT2D eigenvalue weighted by molar-refractivity contribution is 0.479. The molecule has 0 amide bonds. The molecule has 1 N–H and O–H groups in total. The molecule has 1 atom stereocenters. The van der Waals surface area contributed by atoms with Crippen LogP contribution in [-0.4, -0.2) is 16.3 Å². The van der Waals surface area contributed by atoms with Gasteiger partial charge in [-0.05, 0) is 43.1 Å². The average Bonchev–Trinajstić information content (AvgIpc) is 2.93. The fourth-order valence-electron chi connectivity index (χ4n) is 2.14. The molecular formula is C15H20ClN3. The van der Waals surface area contributed by atoms with Crippen molar-refractivity contribution in [2.75, 3.05) is 6.54 Å². The molecule has 102 valence electrons. The summed E-state index contributed by atoms with van der Waals surface area (Å²) in [5.74, 6) is 0. The number of aryl methyl sites for hydroxylation is 1. The number of nitrogens with one attached hydrogen (secondary N) is 1. The van der Waals surface area contributed by atoms with E-state index in [4.69, 9.17) is 11.6 Å². The molecule has 1 heterocycles. The fraction of sp³-hybridized carbons (Fsp3) is 0.400. The lowest BCUT2D eigenvalue weighted by atomic mass is 10.0. The molecule has 0 saturated carbocycles. The largest absolute Gasteiger partial charge is 0.310 e. The van der Waals surface area contributed by atoms with Crippen LogP contribution < -0.4 is 5.32 Å². The molecule has 0 aliphatic carbocycles. The SMILES string of the molecule is CCC(NCCCn1cccn1)c1ccc(Cl)cc1. The molecule has 0 aliphatic rings. The Morgan fingerprint density at radius 2 is 2.11 bits per heavy atom. The van der Waals surface area contributed by atoms with Crippen LogP contribution in [0.1, 0.15) is 31.4 Å². The van der Waals surface area contributed by atoms with Gasteiger partial charge in [0.1, 0.15) is 0 Å². The quantitative estimate of drug-likeness (QED) is 0.783. The molecule has 19 heavy (non-hydrogen) atoms. The average molecular weight is 278 g/mol. The van der Waals surface area contributed by atoms with Gasteiger partial charge < -0.3 is 5.32 Å². The van der Waals surface area contributed by atoms with Crippen LogP contribution in [0.4, 0.5) is 0 Å². The summed E-state index contributed by atoms with van der Waals surface area (Å²) in [6.45, 7) is 4.14. The number of nitrogens with zero attached hydrogens (tertiary/aromatic N) is 2. The van der Waals surface area contributed by atoms with Crippen molar-refractivity contribution in [3.63, 3.8) is 0 Å². The van der Waals surface area contributed by atoms with Gasteiger partial charge in [0, 0.05) is 30.0 Å². The number of rotatable bonds is 7. The number of aromatic nitrogens is 2. The van der Waals surface area contributed by atoms with Crippen LogP contribution in [0.3, 0.4) is 0 Å². The minimum absolute atomic E-state index is 0.398. The summed E-state index contributed by atoms with van der Waals surface area (Å²) in [6, 6.07) is 10.4. The molecule has 2 aromatic rings. The molecule has 0 spiro atoms. The van der Waals surface area contributed by atoms with Crippen LogP contribution in [0.2, 0.25) is 5.02 Å². The van der Waals surface area contributed by atoms with Crippen molar-refractivity contribution in [3.8, 4) is 0 Å². The second kappa shape index (κ2) is 7.31. The van der Waals surface area contributed by atoms with Gasteiger partial charge >= 0.3 is 0 Å². The van der Waals surface area contributed by atoms with Gasteiger partial charge in [-0.15, -0.1) is 0 Å². The molecule has 1 aromatic carbocycles. The number of benzene rings is 1. The van der Waals surface area contributed by atoms with E-state index in [2.05, 4.69) is 29.5 Å². The first-order valence-corrected chi connectivity index (χ1v) is 7.13. The maximum absolute atomic E-state index is 5.91. The Bertz CT molecular complexity index is 465. The molecule has 1 aromatic heterocycles. The Kier molecular flexibility index (Phi) is 5.43. The summed E-state index contributed by atoms with van der Waals surface area (Å²) in [7, 11) is 0. The highest BCUT2D eigenvalue weighted by atomic mass is 35.5. The standard InChI is InChI=1S/C15H20ClN3/c1-2-15(13-5-7-14(16)8-6-13)17-9-3-11-19-12-4-10-18-19/h4-8,10,12,15,17H,2-3,9,11H2,1H3. The zero-order valence-corrected chi connectivity index (χ0v) is 12.0. The summed E-state index contributed by atoms with van der Waals surface area (Å²) in [4.78, 5) is 0. The van der Waals surface area contributed by atoms with E-state index in [1.54, 1.807) is 0 Å². The molecule has 2 rings (SSSR count). The van der Waals surface area contributed by atoms with Crippen molar-refractivity contribution < 1.29 is 0 Å². The van der Waals surface area contributed by atoms with Crippen LogP contribution in [0.5, 0.6) is 0 Å². The van der Waals surface area contributed by atoms with Crippen molar-refractivity contribution in [3.05, 3.63) is 53.3 Å². The van der Waals surface area contributed by atoms with Gasteiger partial charge in [0.25, 0.3) is 0 Å². The molecular weight excluding hydrogens is 258 g/mol. The summed E-state index contributed by atoms with van der Waals surface area (Å²) in [5, 5.41) is 8.57. The maximum atomic E-state index is 5.91. The van der Waals surface area contributed by atoms with Crippen LogP contribution in [-0.2, 0) is 6.54 Å². The van der Waals surface area contributed by atoms with Crippen molar-refractivity contribution in [2.24, 2.45) is 0 Å². The Labute approximate surface area is 119 Å². The third-order valence-corrected chi connectivity index (χ3v) is 3.45. The second-order valence-electron chi connectivity index (χ2n) is 4.59. The van der Waals surface area contributed by atoms with Crippen molar-refractivity contribution in [1.29, 1.82) is 0 Å². The van der Waals surface area contributed by atoms with Gasteiger partial charge in [0.15, 0.2) is 0 Å². The highest BCUT2D eigenvalue weighted by Crippen LogP contribution is 2.18. The first-order valence-electron chi connectivity index (χ1n) is 6.76. The smallest absolute Gasteiger partial charge is 0.0489 e. The molecule has 0 bridgehead atoms. The van der Waals surface area contributed by atoms with Crippen molar-refractivity contribution in [2.45, 2.75) is 32.4 Å². The molecule has 4 heteroatoms. The Morgan fingerprint density at radius 3 is 2.74 bits per heavy atom. The number of halogens is 1. The maximum Gasteiger partial charge on any atom is 0.0489 e. The van der Waals surface area contributed by atoms with E-state index in [9.17, 15) is 0 Å². The first kappa shape index (κ1) is 14.1. The Morgan fingerprint density at radius 1 is 1.32 bits per heavy atom. The van der Waals surface area contributed by atoms with E-state index in [-0.39, 0.29) is 0 Å². The van der Waals surface area contributed by atoms with E-state index in [1.807, 2.05) is 35.3 Å². The van der Waals surface area contributed by atoms with Gasteiger partial charge in [-0.3, -0.25) is 4.68 Å². The van der Waals surface area contributed by atoms with Crippen LogP contribution in [0.25, 0.3) is 0 Å². The lowest BCUT2D eigenvalue weighted by Gasteiger charge is -2.17. The van der Waals surface area contributed by atoms with Crippen LogP contribution in [0.15, 0.2) is 42.7 Å². The molecule has 0 radical (unpaired) electrons. The summed E-state index contributed by atoms with van der Waals surface area (Å²) < 4.78 is 1.96. The zero-order valence-electron chi connectivity index (χ0n) is 11.2. The topological polar surface area (TPSA) is 29.9 Å². The predicted molar refractivity (Wildman–Crippen MR) is 79.3 cm³/mol. The molecule has 3 nitrogen and oxygen atoms in total. The predicted octanol–water partition coefficient (Wildman–Crippen LogP) is 3.67. The third-order valence-electron chi connectivity index (χ3n) is 3.19. The zero-order chi connectivity index (χ0) is 13.5. The third kappa shape index (κ3) is 4.37. The lowest BCUT2D eigenvalue weighted by Crippen LogP contribution is -2.22. The summed E-state index contributed by atoms with van der Waals surface area (Å²) in [5.41, 5.74) is 1.30. The molecule has 0 fully saturated rings. The highest BCUT2D eigenvalue weighted by Gasteiger charge is 2.07. The van der Waals surface area contributed by atoms with Gasteiger partial charge in [-0.2, -0.15) is 5.10 Å². The number of hydrogen-bond donors (Lipinski definition) is 1.